The van der Waals surface area contributed by atoms with Crippen molar-refractivity contribution >= 4 is 19.9 Å². The highest BCUT2D eigenvalue weighted by Gasteiger charge is 2.20. The van der Waals surface area contributed by atoms with Gasteiger partial charge in [-0.1, -0.05) is 19.3 Å². The summed E-state index contributed by atoms with van der Waals surface area (Å²) in [4.78, 5) is 0. The van der Waals surface area contributed by atoms with Crippen LogP contribution in [-0.2, 0) is 19.9 Å². The lowest BCUT2D eigenvalue weighted by Crippen LogP contribution is -2.29. The first-order valence-electron chi connectivity index (χ1n) is 3.62. The van der Waals surface area contributed by atoms with Crippen molar-refractivity contribution in [3.05, 3.63) is 0 Å². The lowest BCUT2D eigenvalue weighted by molar-refractivity contribution is 0.504. The maximum Gasteiger partial charge on any atom is 0.0900 e. The molecule has 2 N–H and O–H groups in total. The van der Waals surface area contributed by atoms with E-state index in [4.69, 9.17) is 16.3 Å². The van der Waals surface area contributed by atoms with Crippen LogP contribution in [0.2, 0.25) is 0 Å². The van der Waals surface area contributed by atoms with Crippen LogP contribution in [0.5, 0.6) is 0 Å². The van der Waals surface area contributed by atoms with Crippen LogP contribution in [0.1, 0.15) is 32.1 Å². The Labute approximate surface area is 67.0 Å². The molecule has 1 saturated carbocycles. The van der Waals surface area contributed by atoms with Gasteiger partial charge < -0.3 is 0 Å². The number of rotatable bonds is 1. The van der Waals surface area contributed by atoms with Gasteiger partial charge in [0.05, 0.1) is 13.9 Å². The molecule has 0 saturated heterocycles. The van der Waals surface area contributed by atoms with Gasteiger partial charge >= 0.3 is 0 Å². The summed E-state index contributed by atoms with van der Waals surface area (Å²) in [6.45, 7) is 0. The Kier molecular flexibility index (Phi) is 2.66. The second kappa shape index (κ2) is 3.15. The molecule has 4 heteroatoms. The minimum Gasteiger partial charge on any atom is -0.250 e. The van der Waals surface area contributed by atoms with E-state index in [0.29, 0.717) is 0 Å². The molecule has 1 aliphatic rings. The van der Waals surface area contributed by atoms with Crippen molar-refractivity contribution in [2.45, 2.75) is 37.4 Å². The molecule has 0 aliphatic heterocycles. The largest absolute Gasteiger partial charge is 0.250 e. The molecule has 1 fully saturated rings. The van der Waals surface area contributed by atoms with Crippen LogP contribution in [0.3, 0.4) is 0 Å². The summed E-state index contributed by atoms with van der Waals surface area (Å²) in [5, 5.41) is 5.47. The Morgan fingerprint density at radius 2 is 1.80 bits per heavy atom. The van der Waals surface area contributed by atoms with Crippen LogP contribution < -0.4 is 5.14 Å². The van der Waals surface area contributed by atoms with Crippen molar-refractivity contribution < 1.29 is 4.21 Å². The predicted molar refractivity (Wildman–Crippen MR) is 46.6 cm³/mol. The molecule has 0 aromatic rings. The second-order valence-corrected chi connectivity index (χ2v) is 6.26. The van der Waals surface area contributed by atoms with E-state index in [1.54, 1.807) is 0 Å². The first-order chi connectivity index (χ1) is 4.61. The molecule has 0 amide bonds. The summed E-state index contributed by atoms with van der Waals surface area (Å²) < 4.78 is 11.1. The van der Waals surface area contributed by atoms with Crippen LogP contribution in [0.15, 0.2) is 0 Å². The molecule has 2 nitrogen and oxygen atoms in total. The van der Waals surface area contributed by atoms with Crippen LogP contribution in [0, 0.1) is 0 Å². The molecule has 0 spiro atoms. The molecule has 1 aliphatic carbocycles. The van der Waals surface area contributed by atoms with Crippen LogP contribution in [-0.4, -0.2) is 9.46 Å². The zero-order valence-electron chi connectivity index (χ0n) is 5.91. The van der Waals surface area contributed by atoms with Gasteiger partial charge in [0.25, 0.3) is 0 Å². The number of hydrogen-bond acceptors (Lipinski definition) is 2. The Balaban J connectivity index is 2.56. The summed E-state index contributed by atoms with van der Waals surface area (Å²) in [6, 6.07) is 0. The molecule has 0 aromatic carbocycles. The standard InChI is InChI=1S/C6H13NOS2/c7-10(8,9)6-4-2-1-3-5-6/h6H,1-5H2,(H2,7,8,9). The number of nitrogens with two attached hydrogens (primary N) is 1. The fraction of sp³-hybridized carbons (Fsp3) is 1.00. The highest BCUT2D eigenvalue weighted by Crippen LogP contribution is 2.21. The average molecular weight is 179 g/mol. The molecule has 0 heterocycles. The van der Waals surface area contributed by atoms with Crippen LogP contribution in [0.4, 0.5) is 0 Å². The summed E-state index contributed by atoms with van der Waals surface area (Å²) in [7, 11) is -2.39. The van der Waals surface area contributed by atoms with Crippen molar-refractivity contribution in [2.75, 3.05) is 0 Å². The van der Waals surface area contributed by atoms with E-state index >= 15 is 0 Å². The predicted octanol–water partition coefficient (Wildman–Crippen LogP) is 0.939. The third-order valence-corrected chi connectivity index (χ3v) is 4.23. The SMILES string of the molecule is NS(=O)(=S)C1CCCCC1. The minimum atomic E-state index is -2.39. The van der Waals surface area contributed by atoms with Gasteiger partial charge in [0.15, 0.2) is 0 Å². The van der Waals surface area contributed by atoms with Gasteiger partial charge in [0, 0.05) is 0 Å². The fourth-order valence-electron chi connectivity index (χ4n) is 1.39. The normalized spacial score (nSPS) is 27.7. The first-order valence-corrected chi connectivity index (χ1v) is 6.23. The lowest BCUT2D eigenvalue weighted by atomic mass is 10.0. The smallest absolute Gasteiger partial charge is 0.0900 e. The molecule has 1 unspecified atom stereocenters. The Morgan fingerprint density at radius 1 is 1.30 bits per heavy atom. The molecule has 1 rings (SSSR count). The first kappa shape index (κ1) is 8.43. The highest BCUT2D eigenvalue weighted by atomic mass is 32.8. The van der Waals surface area contributed by atoms with Gasteiger partial charge in [-0.05, 0) is 24.0 Å². The van der Waals surface area contributed by atoms with Crippen LogP contribution in [0.25, 0.3) is 0 Å². The molecule has 60 valence electrons. The molecule has 0 radical (unpaired) electrons. The highest BCUT2D eigenvalue weighted by molar-refractivity contribution is 8.32. The van der Waals surface area contributed by atoms with E-state index in [9.17, 15) is 4.21 Å². The molecule has 0 bridgehead atoms. The molecule has 0 aromatic heterocycles. The Bertz CT molecular complexity index is 192. The molecule has 10 heavy (non-hydrogen) atoms. The van der Waals surface area contributed by atoms with E-state index in [2.05, 4.69) is 0 Å². The summed E-state index contributed by atoms with van der Waals surface area (Å²) in [6.07, 6.45) is 5.49. The van der Waals surface area contributed by atoms with Crippen molar-refractivity contribution in [3.63, 3.8) is 0 Å². The second-order valence-electron chi connectivity index (χ2n) is 2.85. The monoisotopic (exact) mass is 179 g/mol. The molecular formula is C6H13NOS2. The Hall–Kier alpha value is 0.330. The summed E-state index contributed by atoms with van der Waals surface area (Å²) in [5.41, 5.74) is 0. The summed E-state index contributed by atoms with van der Waals surface area (Å²) in [5.74, 6) is 0. The van der Waals surface area contributed by atoms with Crippen molar-refractivity contribution in [3.8, 4) is 0 Å². The third kappa shape index (κ3) is 2.18. The van der Waals surface area contributed by atoms with E-state index in [1.807, 2.05) is 0 Å². The zero-order valence-corrected chi connectivity index (χ0v) is 7.55. The maximum absolute atomic E-state index is 11.1. The van der Waals surface area contributed by atoms with Crippen LogP contribution >= 0.6 is 0 Å². The topological polar surface area (TPSA) is 43.1 Å². The van der Waals surface area contributed by atoms with Gasteiger partial charge in [-0.25, -0.2) is 4.21 Å². The third-order valence-electron chi connectivity index (χ3n) is 2.02. The van der Waals surface area contributed by atoms with Crippen molar-refractivity contribution in [1.82, 2.24) is 0 Å². The molecule has 1 atom stereocenters. The lowest BCUT2D eigenvalue weighted by Gasteiger charge is -2.20. The van der Waals surface area contributed by atoms with Gasteiger partial charge in [0.2, 0.25) is 0 Å². The maximum atomic E-state index is 11.1. The number of hydrogen-bond donors (Lipinski definition) is 1. The Morgan fingerprint density at radius 3 is 2.10 bits per heavy atom. The van der Waals surface area contributed by atoms with E-state index in [1.165, 1.54) is 6.42 Å². The summed E-state index contributed by atoms with van der Waals surface area (Å²) >= 11 is 4.71. The minimum absolute atomic E-state index is 0.122. The van der Waals surface area contributed by atoms with E-state index < -0.39 is 8.68 Å². The van der Waals surface area contributed by atoms with Gasteiger partial charge in [-0.2, -0.15) is 0 Å². The van der Waals surface area contributed by atoms with Gasteiger partial charge in [-0.15, -0.1) is 0 Å². The van der Waals surface area contributed by atoms with Gasteiger partial charge in [0.1, 0.15) is 0 Å². The van der Waals surface area contributed by atoms with Crippen molar-refractivity contribution in [2.24, 2.45) is 5.14 Å². The van der Waals surface area contributed by atoms with E-state index in [-0.39, 0.29) is 5.25 Å². The van der Waals surface area contributed by atoms with Crippen molar-refractivity contribution in [1.29, 1.82) is 0 Å². The zero-order chi connectivity index (χ0) is 7.61. The average Bonchev–Trinajstić information content (AvgIpc) is 1.88. The van der Waals surface area contributed by atoms with Gasteiger partial charge in [-0.3, -0.25) is 5.14 Å². The quantitative estimate of drug-likeness (QED) is 0.651. The fourth-order valence-corrected chi connectivity index (χ4v) is 2.96. The van der Waals surface area contributed by atoms with E-state index in [0.717, 1.165) is 25.7 Å². The molecular weight excluding hydrogens is 166 g/mol.